The number of nitrogens with zero attached hydrogens (tertiary/aromatic N) is 1. The van der Waals surface area contributed by atoms with Gasteiger partial charge in [-0.1, -0.05) is 30.3 Å². The Morgan fingerprint density at radius 1 is 0.947 bits per heavy atom. The number of nitriles is 1. The van der Waals surface area contributed by atoms with E-state index in [0.29, 0.717) is 0 Å². The second-order valence-electron chi connectivity index (χ2n) is 4.67. The minimum atomic E-state index is 0.741. The fraction of sp³-hybridized carbons (Fsp3) is 0.235. The van der Waals surface area contributed by atoms with Crippen LogP contribution in [0.1, 0.15) is 27.8 Å². The zero-order chi connectivity index (χ0) is 13.7. The van der Waals surface area contributed by atoms with Crippen LogP contribution in [-0.2, 0) is 11.5 Å². The normalized spacial score (nSPS) is 10.2. The van der Waals surface area contributed by atoms with Gasteiger partial charge in [-0.2, -0.15) is 17.0 Å². The van der Waals surface area contributed by atoms with Crippen LogP contribution in [0.25, 0.3) is 0 Å². The molecule has 96 valence electrons. The summed E-state index contributed by atoms with van der Waals surface area (Å²) in [5.74, 6) is 2.03. The Balaban J connectivity index is 1.97. The average Bonchev–Trinajstić information content (AvgIpc) is 2.42. The van der Waals surface area contributed by atoms with Gasteiger partial charge >= 0.3 is 0 Å². The van der Waals surface area contributed by atoms with Gasteiger partial charge in [0, 0.05) is 11.5 Å². The SMILES string of the molecule is Cc1ccccc1CSCc1ccc(C#N)cc1C. The maximum Gasteiger partial charge on any atom is 0.0991 e. The van der Waals surface area contributed by atoms with E-state index in [-0.39, 0.29) is 0 Å². The highest BCUT2D eigenvalue weighted by Crippen LogP contribution is 2.22. The molecule has 0 atom stereocenters. The maximum atomic E-state index is 8.85. The first-order chi connectivity index (χ1) is 9.20. The molecule has 0 aliphatic carbocycles. The first-order valence-corrected chi connectivity index (χ1v) is 7.48. The van der Waals surface area contributed by atoms with Crippen LogP contribution in [0.3, 0.4) is 0 Å². The number of thioether (sulfide) groups is 1. The van der Waals surface area contributed by atoms with Crippen LogP contribution >= 0.6 is 11.8 Å². The third-order valence-corrected chi connectivity index (χ3v) is 4.28. The van der Waals surface area contributed by atoms with Crippen molar-refractivity contribution in [1.82, 2.24) is 0 Å². The van der Waals surface area contributed by atoms with Gasteiger partial charge in [-0.3, -0.25) is 0 Å². The number of hydrogen-bond donors (Lipinski definition) is 0. The number of rotatable bonds is 4. The van der Waals surface area contributed by atoms with Crippen LogP contribution in [0.2, 0.25) is 0 Å². The van der Waals surface area contributed by atoms with Gasteiger partial charge in [0.2, 0.25) is 0 Å². The third-order valence-electron chi connectivity index (χ3n) is 3.25. The van der Waals surface area contributed by atoms with E-state index in [2.05, 4.69) is 50.2 Å². The van der Waals surface area contributed by atoms with Crippen LogP contribution in [-0.4, -0.2) is 0 Å². The molecule has 0 spiro atoms. The summed E-state index contributed by atoms with van der Waals surface area (Å²) in [6.45, 7) is 4.23. The lowest BCUT2D eigenvalue weighted by atomic mass is 10.1. The van der Waals surface area contributed by atoms with Crippen molar-refractivity contribution in [1.29, 1.82) is 5.26 Å². The topological polar surface area (TPSA) is 23.8 Å². The van der Waals surface area contributed by atoms with Crippen molar-refractivity contribution in [2.45, 2.75) is 25.4 Å². The lowest BCUT2D eigenvalue weighted by Gasteiger charge is -2.08. The van der Waals surface area contributed by atoms with E-state index in [1.165, 1.54) is 22.3 Å². The Labute approximate surface area is 119 Å². The molecule has 2 heteroatoms. The Morgan fingerprint density at radius 3 is 2.26 bits per heavy atom. The van der Waals surface area contributed by atoms with Crippen molar-refractivity contribution in [2.75, 3.05) is 0 Å². The smallest absolute Gasteiger partial charge is 0.0991 e. The molecule has 0 amide bonds. The van der Waals surface area contributed by atoms with Gasteiger partial charge in [0.25, 0.3) is 0 Å². The monoisotopic (exact) mass is 267 g/mol. The summed E-state index contributed by atoms with van der Waals surface area (Å²) in [5.41, 5.74) is 6.02. The molecule has 2 aromatic rings. The summed E-state index contributed by atoms with van der Waals surface area (Å²) >= 11 is 1.92. The molecule has 19 heavy (non-hydrogen) atoms. The molecule has 0 fully saturated rings. The Hall–Kier alpha value is -1.72. The quantitative estimate of drug-likeness (QED) is 0.807. The van der Waals surface area contributed by atoms with Crippen LogP contribution in [0, 0.1) is 25.2 Å². The van der Waals surface area contributed by atoms with Crippen LogP contribution in [0.15, 0.2) is 42.5 Å². The zero-order valence-electron chi connectivity index (χ0n) is 11.3. The summed E-state index contributed by atoms with van der Waals surface area (Å²) in [5, 5.41) is 8.85. The van der Waals surface area contributed by atoms with E-state index >= 15 is 0 Å². The molecular formula is C17H17NS. The van der Waals surface area contributed by atoms with Crippen LogP contribution < -0.4 is 0 Å². The molecule has 1 nitrogen and oxygen atoms in total. The van der Waals surface area contributed by atoms with E-state index in [0.717, 1.165) is 17.1 Å². The molecule has 0 aliphatic heterocycles. The van der Waals surface area contributed by atoms with Crippen molar-refractivity contribution < 1.29 is 0 Å². The van der Waals surface area contributed by atoms with Gasteiger partial charge in [0.1, 0.15) is 0 Å². The first kappa shape index (κ1) is 13.7. The first-order valence-electron chi connectivity index (χ1n) is 6.32. The van der Waals surface area contributed by atoms with Crippen molar-refractivity contribution >= 4 is 11.8 Å². The van der Waals surface area contributed by atoms with E-state index in [4.69, 9.17) is 5.26 Å². The molecule has 0 radical (unpaired) electrons. The Bertz CT molecular complexity index is 611. The molecule has 2 rings (SSSR count). The van der Waals surface area contributed by atoms with Crippen molar-refractivity contribution in [3.8, 4) is 6.07 Å². The second-order valence-corrected chi connectivity index (χ2v) is 5.66. The lowest BCUT2D eigenvalue weighted by Crippen LogP contribution is -1.90. The highest BCUT2D eigenvalue weighted by atomic mass is 32.2. The fourth-order valence-electron chi connectivity index (χ4n) is 1.97. The number of benzene rings is 2. The van der Waals surface area contributed by atoms with E-state index in [9.17, 15) is 0 Å². The minimum Gasteiger partial charge on any atom is -0.192 e. The van der Waals surface area contributed by atoms with Gasteiger partial charge in [0.05, 0.1) is 11.6 Å². The molecule has 0 bridgehead atoms. The predicted octanol–water partition coefficient (Wildman–Crippen LogP) is 4.61. The van der Waals surface area contributed by atoms with Crippen molar-refractivity contribution in [2.24, 2.45) is 0 Å². The van der Waals surface area contributed by atoms with Crippen LogP contribution in [0.4, 0.5) is 0 Å². The van der Waals surface area contributed by atoms with Crippen LogP contribution in [0.5, 0.6) is 0 Å². The van der Waals surface area contributed by atoms with Gasteiger partial charge in [-0.05, 0) is 48.2 Å². The molecule has 0 unspecified atom stereocenters. The number of hydrogen-bond acceptors (Lipinski definition) is 2. The van der Waals surface area contributed by atoms with E-state index in [1.54, 1.807) is 0 Å². The molecule has 0 aliphatic rings. The van der Waals surface area contributed by atoms with E-state index < -0.39 is 0 Å². The van der Waals surface area contributed by atoms with Gasteiger partial charge in [-0.15, -0.1) is 0 Å². The average molecular weight is 267 g/mol. The third kappa shape index (κ3) is 3.62. The number of aryl methyl sites for hydroxylation is 2. The summed E-state index contributed by atoms with van der Waals surface area (Å²) in [6.07, 6.45) is 0. The highest BCUT2D eigenvalue weighted by Gasteiger charge is 2.02. The lowest BCUT2D eigenvalue weighted by molar-refractivity contribution is 1.27. The summed E-state index contributed by atoms with van der Waals surface area (Å²) in [4.78, 5) is 0. The Kier molecular flexibility index (Phi) is 4.65. The molecule has 0 saturated heterocycles. The standard InChI is InChI=1S/C17H17NS/c1-13-5-3-4-6-16(13)11-19-12-17-8-7-15(10-18)9-14(17)2/h3-9H,11-12H2,1-2H3. The Morgan fingerprint density at radius 2 is 1.63 bits per heavy atom. The van der Waals surface area contributed by atoms with E-state index in [1.807, 2.05) is 23.9 Å². The van der Waals surface area contributed by atoms with Gasteiger partial charge < -0.3 is 0 Å². The minimum absolute atomic E-state index is 0.741. The summed E-state index contributed by atoms with van der Waals surface area (Å²) in [6, 6.07) is 16.6. The molecule has 2 aromatic carbocycles. The molecular weight excluding hydrogens is 250 g/mol. The molecule has 0 aromatic heterocycles. The predicted molar refractivity (Wildman–Crippen MR) is 82.1 cm³/mol. The van der Waals surface area contributed by atoms with Gasteiger partial charge in [0.15, 0.2) is 0 Å². The largest absolute Gasteiger partial charge is 0.192 e. The molecule has 0 N–H and O–H groups in total. The molecule has 0 saturated carbocycles. The van der Waals surface area contributed by atoms with Gasteiger partial charge in [-0.25, -0.2) is 0 Å². The molecule has 0 heterocycles. The second kappa shape index (κ2) is 6.45. The summed E-state index contributed by atoms with van der Waals surface area (Å²) in [7, 11) is 0. The summed E-state index contributed by atoms with van der Waals surface area (Å²) < 4.78 is 0. The highest BCUT2D eigenvalue weighted by molar-refractivity contribution is 7.97. The van der Waals surface area contributed by atoms with Crippen molar-refractivity contribution in [3.63, 3.8) is 0 Å². The zero-order valence-corrected chi connectivity index (χ0v) is 12.1. The van der Waals surface area contributed by atoms with Crippen molar-refractivity contribution in [3.05, 3.63) is 70.3 Å². The maximum absolute atomic E-state index is 8.85. The fourth-order valence-corrected chi connectivity index (χ4v) is 3.16.